The van der Waals surface area contributed by atoms with Crippen molar-refractivity contribution >= 4 is 57.6 Å². The highest BCUT2D eigenvalue weighted by Crippen LogP contribution is 2.61. The molecule has 14 aromatic rings. The summed E-state index contributed by atoms with van der Waals surface area (Å²) < 4.78 is 11.5. The molecule has 0 amide bonds. The Bertz CT molecular complexity index is 5030. The van der Waals surface area contributed by atoms with E-state index in [1.54, 1.807) is 0 Å². The van der Waals surface area contributed by atoms with Crippen molar-refractivity contribution in [3.05, 3.63) is 396 Å². The topological polar surface area (TPSA) is 24.9 Å². The quantitative estimate of drug-likeness (QED) is 0.0665. The van der Waals surface area contributed by atoms with Gasteiger partial charge in [0, 0.05) is 66.3 Å². The largest absolute Gasteiger partial charge is 0.380 e. The van der Waals surface area contributed by atoms with Crippen molar-refractivity contribution in [3.63, 3.8) is 0 Å². The maximum Gasteiger partial charge on any atom is 0.0714 e. The first-order chi connectivity index (χ1) is 51.3. The van der Waals surface area contributed by atoms with E-state index in [0.717, 1.165) is 96.0 Å². The number of benzene rings is 14. The summed E-state index contributed by atoms with van der Waals surface area (Å²) >= 11 is 3.91. The second kappa shape index (κ2) is 27.5. The van der Waals surface area contributed by atoms with E-state index in [1.165, 1.54) is 98.8 Å². The molecule has 0 aromatic heterocycles. The molecule has 4 nitrogen and oxygen atoms in total. The van der Waals surface area contributed by atoms with Crippen molar-refractivity contribution in [2.75, 3.05) is 47.7 Å². The lowest BCUT2D eigenvalue weighted by Gasteiger charge is -2.40. The van der Waals surface area contributed by atoms with Crippen molar-refractivity contribution in [2.45, 2.75) is 47.3 Å². The first-order valence-corrected chi connectivity index (χ1v) is 38.6. The van der Waals surface area contributed by atoms with Gasteiger partial charge in [-0.2, -0.15) is 0 Å². The highest BCUT2D eigenvalue weighted by molar-refractivity contribution is 7.99. The van der Waals surface area contributed by atoms with Crippen LogP contribution in [-0.4, -0.2) is 37.9 Å². The third-order valence-electron chi connectivity index (χ3n) is 22.8. The summed E-state index contributed by atoms with van der Waals surface area (Å²) in [5.74, 6) is 2.10. The molecule has 506 valence electrons. The fourth-order valence-corrected chi connectivity index (χ4v) is 19.1. The van der Waals surface area contributed by atoms with Gasteiger partial charge in [0.15, 0.2) is 0 Å². The fraction of sp³-hybridized carbons (Fsp3) is 0.143. The van der Waals surface area contributed by atoms with Gasteiger partial charge in [0.1, 0.15) is 0 Å². The van der Waals surface area contributed by atoms with Crippen LogP contribution in [-0.2, 0) is 20.3 Å². The number of anilines is 6. The molecule has 104 heavy (non-hydrogen) atoms. The lowest BCUT2D eigenvalue weighted by molar-refractivity contribution is -0.0994. The van der Waals surface area contributed by atoms with Crippen LogP contribution >= 0.6 is 23.5 Å². The second-order valence-corrected chi connectivity index (χ2v) is 30.8. The normalized spacial score (nSPS) is 17.0. The van der Waals surface area contributed by atoms with Crippen LogP contribution in [0.15, 0.2) is 362 Å². The standard InChI is InChI=1S/C98H80N2O2S2/c1-3-95(63-101-64-95)67-103-85-51-41-77(42-52-85)97(75-27-15-7-16-28-75)91-59-73(69-23-11-5-12-24-69)39-55-87(91)89-57-49-83(61-93(89)97)99(79-31-19-9-20-32-79)81-45-35-71(36-46-81)72-37-47-82(48-38-72)100(80-33-21-10-22-34-80)84-50-58-90-88-56-40-74(70-25-13-6-14-26-70)60-92(88)98(94(90)62-84,76-29-17-8-18-30-76)78-43-53-86(54-44-78)104-68-96(4-2)65-102-66-96/h5-62H,3-4,63-68H2,1-2H3. The number of fused-ring (bicyclic) bond motifs is 6. The van der Waals surface area contributed by atoms with Crippen molar-refractivity contribution in [2.24, 2.45) is 10.8 Å². The van der Waals surface area contributed by atoms with Crippen LogP contribution in [0.4, 0.5) is 34.1 Å². The van der Waals surface area contributed by atoms with Gasteiger partial charge in [-0.05, 0) is 222 Å². The van der Waals surface area contributed by atoms with Crippen LogP contribution in [0, 0.1) is 10.8 Å². The van der Waals surface area contributed by atoms with Gasteiger partial charge in [0.2, 0.25) is 0 Å². The molecule has 0 N–H and O–H groups in total. The number of ether oxygens (including phenoxy) is 2. The smallest absolute Gasteiger partial charge is 0.0714 e. The molecular weight excluding hydrogens is 1300 g/mol. The molecule has 2 atom stereocenters. The van der Waals surface area contributed by atoms with Gasteiger partial charge >= 0.3 is 0 Å². The molecular formula is C98H80N2O2S2. The summed E-state index contributed by atoms with van der Waals surface area (Å²) in [7, 11) is 0. The Morgan fingerprint density at radius 3 is 0.856 bits per heavy atom. The van der Waals surface area contributed by atoms with Crippen molar-refractivity contribution < 1.29 is 9.47 Å². The lowest BCUT2D eigenvalue weighted by atomic mass is 9.67. The van der Waals surface area contributed by atoms with E-state index in [2.05, 4.69) is 375 Å². The Labute approximate surface area is 620 Å². The summed E-state index contributed by atoms with van der Waals surface area (Å²) in [5, 5.41) is 0. The Morgan fingerprint density at radius 2 is 0.529 bits per heavy atom. The SMILES string of the molecule is CCC1(CSc2ccc(C3(c4ccccc4)c4cc(-c5ccccc5)ccc4-c4ccc(N(c5ccccc5)c5ccc(-c6ccc(N(c7ccccc7)c7ccc8c(c7)C(c7ccccc7)(c7ccc(SCC9(CC)COC9)cc7)c7cc(-c9ccccc9)ccc7-8)cc6)cc5)cc43)cc2)COC1. The highest BCUT2D eigenvalue weighted by atomic mass is 32.2. The lowest BCUT2D eigenvalue weighted by Crippen LogP contribution is -2.44. The molecule has 18 rings (SSSR count). The van der Waals surface area contributed by atoms with Gasteiger partial charge in [-0.25, -0.2) is 0 Å². The number of hydrogen-bond donors (Lipinski definition) is 0. The van der Waals surface area contributed by atoms with Crippen molar-refractivity contribution in [1.29, 1.82) is 0 Å². The van der Waals surface area contributed by atoms with Gasteiger partial charge in [-0.3, -0.25) is 0 Å². The zero-order valence-electron chi connectivity index (χ0n) is 58.7. The van der Waals surface area contributed by atoms with Crippen LogP contribution in [0.25, 0.3) is 55.6 Å². The van der Waals surface area contributed by atoms with Gasteiger partial charge < -0.3 is 19.3 Å². The van der Waals surface area contributed by atoms with Gasteiger partial charge in [0.05, 0.1) is 37.3 Å². The van der Waals surface area contributed by atoms with E-state index >= 15 is 0 Å². The van der Waals surface area contributed by atoms with Gasteiger partial charge in [-0.1, -0.05) is 257 Å². The minimum absolute atomic E-state index is 0.248. The first-order valence-electron chi connectivity index (χ1n) is 36.7. The Balaban J connectivity index is 0.713. The third-order valence-corrected chi connectivity index (χ3v) is 25.5. The van der Waals surface area contributed by atoms with E-state index < -0.39 is 10.8 Å². The van der Waals surface area contributed by atoms with E-state index in [4.69, 9.17) is 9.47 Å². The minimum atomic E-state index is -0.640. The Hall–Kier alpha value is -10.7. The molecule has 2 fully saturated rings. The number of nitrogens with zero attached hydrogens (tertiary/aromatic N) is 2. The number of thioether (sulfide) groups is 2. The summed E-state index contributed by atoms with van der Waals surface area (Å²) in [5.41, 5.74) is 27.9. The molecule has 0 radical (unpaired) electrons. The molecule has 14 aromatic carbocycles. The molecule has 2 saturated heterocycles. The van der Waals surface area contributed by atoms with Crippen LogP contribution < -0.4 is 9.80 Å². The molecule has 2 unspecified atom stereocenters. The van der Waals surface area contributed by atoms with Gasteiger partial charge in [-0.15, -0.1) is 23.5 Å². The highest BCUT2D eigenvalue weighted by Gasteiger charge is 2.49. The molecule has 0 spiro atoms. The molecule has 6 heteroatoms. The van der Waals surface area contributed by atoms with Crippen LogP contribution in [0.3, 0.4) is 0 Å². The molecule has 2 heterocycles. The molecule has 0 saturated carbocycles. The van der Waals surface area contributed by atoms with Crippen LogP contribution in [0.2, 0.25) is 0 Å². The maximum absolute atomic E-state index is 5.75. The monoisotopic (exact) mass is 1380 g/mol. The summed E-state index contributed by atoms with van der Waals surface area (Å²) in [6.45, 7) is 7.97. The van der Waals surface area contributed by atoms with E-state index in [9.17, 15) is 0 Å². The first kappa shape index (κ1) is 65.3. The number of para-hydroxylation sites is 2. The van der Waals surface area contributed by atoms with Crippen molar-refractivity contribution in [1.82, 2.24) is 0 Å². The van der Waals surface area contributed by atoms with Gasteiger partial charge in [0.25, 0.3) is 0 Å². The molecule has 4 aliphatic rings. The summed E-state index contributed by atoms with van der Waals surface area (Å²) in [4.78, 5) is 7.42. The molecule has 0 bridgehead atoms. The predicted molar refractivity (Wildman–Crippen MR) is 435 cm³/mol. The predicted octanol–water partition coefficient (Wildman–Crippen LogP) is 25.4. The average molecular weight is 1380 g/mol. The third kappa shape index (κ3) is 11.4. The second-order valence-electron chi connectivity index (χ2n) is 28.7. The number of rotatable bonds is 21. The summed E-state index contributed by atoms with van der Waals surface area (Å²) in [6, 6.07) is 132. The zero-order chi connectivity index (χ0) is 69.7. The van der Waals surface area contributed by atoms with E-state index in [-0.39, 0.29) is 10.8 Å². The van der Waals surface area contributed by atoms with E-state index in [1.807, 2.05) is 23.5 Å². The van der Waals surface area contributed by atoms with Crippen LogP contribution in [0.1, 0.15) is 71.2 Å². The molecule has 2 aliphatic carbocycles. The fourth-order valence-electron chi connectivity index (χ4n) is 16.8. The Kier molecular flexibility index (Phi) is 17.3. The Morgan fingerprint density at radius 1 is 0.260 bits per heavy atom. The minimum Gasteiger partial charge on any atom is -0.380 e. The van der Waals surface area contributed by atoms with Crippen molar-refractivity contribution in [3.8, 4) is 55.6 Å². The number of hydrogen-bond acceptors (Lipinski definition) is 6. The maximum atomic E-state index is 5.75. The summed E-state index contributed by atoms with van der Waals surface area (Å²) in [6.07, 6.45) is 2.25. The van der Waals surface area contributed by atoms with Crippen LogP contribution in [0.5, 0.6) is 0 Å². The average Bonchev–Trinajstić information content (AvgIpc) is 1.53. The van der Waals surface area contributed by atoms with E-state index in [0.29, 0.717) is 0 Å². The zero-order valence-corrected chi connectivity index (χ0v) is 60.3. The molecule has 2 aliphatic heterocycles.